The molecule has 1 N–H and O–H groups in total. The molecule has 1 amide bonds. The van der Waals surface area contributed by atoms with Crippen LogP contribution in [0.1, 0.15) is 12.0 Å². The zero-order valence-electron chi connectivity index (χ0n) is 9.06. The Morgan fingerprint density at radius 3 is 2.62 bits per heavy atom. The molecule has 1 saturated heterocycles. The van der Waals surface area contributed by atoms with Gasteiger partial charge in [0.15, 0.2) is 0 Å². The molecular weight excluding hydrogens is 206 g/mol. The lowest BCUT2D eigenvalue weighted by atomic mass is 10.1. The average Bonchev–Trinajstić information content (AvgIpc) is 2.74. The van der Waals surface area contributed by atoms with Gasteiger partial charge in [0.05, 0.1) is 6.54 Å². The van der Waals surface area contributed by atoms with Crippen molar-refractivity contribution in [2.75, 3.05) is 24.7 Å². The maximum absolute atomic E-state index is 11.3. The van der Waals surface area contributed by atoms with Crippen molar-refractivity contribution < 1.29 is 14.6 Å². The maximum Gasteiger partial charge on any atom is 0.414 e. The predicted molar refractivity (Wildman–Crippen MR) is 60.5 cm³/mol. The first-order valence-corrected chi connectivity index (χ1v) is 5.45. The van der Waals surface area contributed by atoms with E-state index in [9.17, 15) is 4.79 Å². The van der Waals surface area contributed by atoms with Gasteiger partial charge in [-0.3, -0.25) is 4.90 Å². The Morgan fingerprint density at radius 1 is 1.31 bits per heavy atom. The number of aliphatic hydroxyl groups excluding tert-OH is 1. The highest BCUT2D eigenvalue weighted by Crippen LogP contribution is 2.19. The summed E-state index contributed by atoms with van der Waals surface area (Å²) in [6.07, 6.45) is 1.36. The minimum atomic E-state index is -0.275. The number of rotatable bonds is 4. The Hall–Kier alpha value is -1.55. The van der Waals surface area contributed by atoms with Crippen LogP contribution in [0.15, 0.2) is 24.3 Å². The standard InChI is InChI=1S/C12H15NO3/c14-8-1-2-10-3-5-11(6-4-10)13-7-9-16-12(13)15/h3-6,14H,1-2,7-9H2. The Balaban J connectivity index is 2.04. The molecule has 1 heterocycles. The minimum absolute atomic E-state index is 0.209. The molecule has 16 heavy (non-hydrogen) atoms. The van der Waals surface area contributed by atoms with Crippen molar-refractivity contribution in [3.05, 3.63) is 29.8 Å². The molecule has 1 aromatic rings. The van der Waals surface area contributed by atoms with Crippen LogP contribution in [-0.4, -0.2) is 31.0 Å². The number of hydrogen-bond donors (Lipinski definition) is 1. The highest BCUT2D eigenvalue weighted by atomic mass is 16.6. The predicted octanol–water partition coefficient (Wildman–Crippen LogP) is 1.57. The van der Waals surface area contributed by atoms with Gasteiger partial charge in [-0.1, -0.05) is 12.1 Å². The lowest BCUT2D eigenvalue weighted by Gasteiger charge is -2.12. The van der Waals surface area contributed by atoms with Gasteiger partial charge in [0.2, 0.25) is 0 Å². The summed E-state index contributed by atoms with van der Waals surface area (Å²) >= 11 is 0. The summed E-state index contributed by atoms with van der Waals surface area (Å²) in [7, 11) is 0. The Kier molecular flexibility index (Phi) is 3.41. The van der Waals surface area contributed by atoms with E-state index in [1.54, 1.807) is 4.90 Å². The minimum Gasteiger partial charge on any atom is -0.447 e. The van der Waals surface area contributed by atoms with E-state index in [-0.39, 0.29) is 12.7 Å². The molecule has 0 aliphatic carbocycles. The summed E-state index contributed by atoms with van der Waals surface area (Å²) in [5.41, 5.74) is 2.04. The number of carbonyl (C=O) groups excluding carboxylic acids is 1. The molecule has 1 aromatic carbocycles. The highest BCUT2D eigenvalue weighted by molar-refractivity contribution is 5.89. The number of hydrogen-bond acceptors (Lipinski definition) is 3. The maximum atomic E-state index is 11.3. The molecule has 1 aliphatic heterocycles. The molecule has 4 heteroatoms. The van der Waals surface area contributed by atoms with Crippen LogP contribution in [0.25, 0.3) is 0 Å². The third-order valence-corrected chi connectivity index (χ3v) is 2.63. The van der Waals surface area contributed by atoms with Crippen molar-refractivity contribution in [1.29, 1.82) is 0 Å². The van der Waals surface area contributed by atoms with Gasteiger partial charge in [0.1, 0.15) is 6.61 Å². The third kappa shape index (κ3) is 2.33. The number of aryl methyl sites for hydroxylation is 1. The average molecular weight is 221 g/mol. The van der Waals surface area contributed by atoms with Crippen LogP contribution < -0.4 is 4.90 Å². The van der Waals surface area contributed by atoms with Crippen molar-refractivity contribution >= 4 is 11.8 Å². The summed E-state index contributed by atoms with van der Waals surface area (Å²) in [5.74, 6) is 0. The van der Waals surface area contributed by atoms with Crippen molar-refractivity contribution in [2.45, 2.75) is 12.8 Å². The quantitative estimate of drug-likeness (QED) is 0.839. The fraction of sp³-hybridized carbons (Fsp3) is 0.417. The second-order valence-electron chi connectivity index (χ2n) is 3.76. The van der Waals surface area contributed by atoms with E-state index in [0.717, 1.165) is 18.5 Å². The first-order valence-electron chi connectivity index (χ1n) is 5.45. The van der Waals surface area contributed by atoms with E-state index in [1.807, 2.05) is 24.3 Å². The fourth-order valence-corrected chi connectivity index (χ4v) is 1.75. The molecule has 86 valence electrons. The van der Waals surface area contributed by atoms with Gasteiger partial charge in [-0.2, -0.15) is 0 Å². The first kappa shape index (κ1) is 11.0. The van der Waals surface area contributed by atoms with E-state index in [1.165, 1.54) is 5.56 Å². The number of anilines is 1. The van der Waals surface area contributed by atoms with Crippen molar-refractivity contribution in [3.63, 3.8) is 0 Å². The lowest BCUT2D eigenvalue weighted by molar-refractivity contribution is 0.181. The van der Waals surface area contributed by atoms with Crippen LogP contribution in [-0.2, 0) is 11.2 Å². The van der Waals surface area contributed by atoms with Crippen molar-refractivity contribution in [2.24, 2.45) is 0 Å². The van der Waals surface area contributed by atoms with Crippen molar-refractivity contribution in [1.82, 2.24) is 0 Å². The number of carbonyl (C=O) groups is 1. The number of nitrogens with zero attached hydrogens (tertiary/aromatic N) is 1. The SMILES string of the molecule is O=C1OCCN1c1ccc(CCCO)cc1. The normalized spacial score (nSPS) is 15.3. The smallest absolute Gasteiger partial charge is 0.414 e. The third-order valence-electron chi connectivity index (χ3n) is 2.63. The van der Waals surface area contributed by atoms with Crippen LogP contribution in [0.4, 0.5) is 10.5 Å². The van der Waals surface area contributed by atoms with Crippen LogP contribution >= 0.6 is 0 Å². The molecule has 1 aliphatic rings. The number of amides is 1. The number of aliphatic hydroxyl groups is 1. The van der Waals surface area contributed by atoms with Gasteiger partial charge >= 0.3 is 6.09 Å². The molecule has 0 unspecified atom stereocenters. The van der Waals surface area contributed by atoms with Crippen molar-refractivity contribution in [3.8, 4) is 0 Å². The number of benzene rings is 1. The van der Waals surface area contributed by atoms with Gasteiger partial charge in [-0.05, 0) is 30.5 Å². The topological polar surface area (TPSA) is 49.8 Å². The van der Waals surface area contributed by atoms with E-state index < -0.39 is 0 Å². The lowest BCUT2D eigenvalue weighted by Crippen LogP contribution is -2.23. The van der Waals surface area contributed by atoms with Crippen LogP contribution in [0.3, 0.4) is 0 Å². The van der Waals surface area contributed by atoms with E-state index in [0.29, 0.717) is 13.2 Å². The molecule has 0 radical (unpaired) electrons. The molecule has 4 nitrogen and oxygen atoms in total. The largest absolute Gasteiger partial charge is 0.447 e. The monoisotopic (exact) mass is 221 g/mol. The van der Waals surface area contributed by atoms with Gasteiger partial charge in [-0.25, -0.2) is 4.79 Å². The number of ether oxygens (including phenoxy) is 1. The van der Waals surface area contributed by atoms with Crippen LogP contribution in [0.5, 0.6) is 0 Å². The fourth-order valence-electron chi connectivity index (χ4n) is 1.75. The van der Waals surface area contributed by atoms with Gasteiger partial charge in [0.25, 0.3) is 0 Å². The molecule has 2 rings (SSSR count). The first-order chi connectivity index (χ1) is 7.81. The molecule has 0 bridgehead atoms. The van der Waals surface area contributed by atoms with E-state index in [4.69, 9.17) is 9.84 Å². The van der Waals surface area contributed by atoms with Gasteiger partial charge in [-0.15, -0.1) is 0 Å². The van der Waals surface area contributed by atoms with Gasteiger partial charge < -0.3 is 9.84 Å². The van der Waals surface area contributed by atoms with E-state index >= 15 is 0 Å². The highest BCUT2D eigenvalue weighted by Gasteiger charge is 2.23. The molecule has 0 saturated carbocycles. The molecule has 1 fully saturated rings. The molecule has 0 aromatic heterocycles. The molecule has 0 spiro atoms. The summed E-state index contributed by atoms with van der Waals surface area (Å²) in [6, 6.07) is 7.80. The molecule has 0 atom stereocenters. The summed E-state index contributed by atoms with van der Waals surface area (Å²) in [5, 5.41) is 8.72. The summed E-state index contributed by atoms with van der Waals surface area (Å²) < 4.78 is 4.87. The Morgan fingerprint density at radius 2 is 2.06 bits per heavy atom. The van der Waals surface area contributed by atoms with Gasteiger partial charge in [0, 0.05) is 12.3 Å². The molecular formula is C12H15NO3. The summed E-state index contributed by atoms with van der Waals surface area (Å²) in [6.45, 7) is 1.29. The van der Waals surface area contributed by atoms with E-state index in [2.05, 4.69) is 0 Å². The Bertz CT molecular complexity index is 361. The van der Waals surface area contributed by atoms with Crippen LogP contribution in [0, 0.1) is 0 Å². The Labute approximate surface area is 94.4 Å². The number of cyclic esters (lactones) is 1. The summed E-state index contributed by atoms with van der Waals surface area (Å²) in [4.78, 5) is 12.9. The second-order valence-corrected chi connectivity index (χ2v) is 3.76. The van der Waals surface area contributed by atoms with Crippen LogP contribution in [0.2, 0.25) is 0 Å². The zero-order valence-corrected chi connectivity index (χ0v) is 9.06. The second kappa shape index (κ2) is 4.99. The zero-order chi connectivity index (χ0) is 11.4.